The second kappa shape index (κ2) is 4.11. The van der Waals surface area contributed by atoms with Crippen LogP contribution in [0.25, 0.3) is 0 Å². The molecule has 1 aliphatic carbocycles. The van der Waals surface area contributed by atoms with E-state index >= 15 is 0 Å². The molecule has 17 heavy (non-hydrogen) atoms. The van der Waals surface area contributed by atoms with Crippen molar-refractivity contribution in [1.29, 1.82) is 0 Å². The van der Waals surface area contributed by atoms with E-state index in [2.05, 4.69) is 35.2 Å². The van der Waals surface area contributed by atoms with Gasteiger partial charge in [0.25, 0.3) is 0 Å². The van der Waals surface area contributed by atoms with Crippen LogP contribution in [0.2, 0.25) is 0 Å². The SMILES string of the molecule is CC1(O)[C]2CCC1CN(Cc1ccccc1)C2. The smallest absolute Gasteiger partial charge is 0.0735 e. The Morgan fingerprint density at radius 1 is 1.35 bits per heavy atom. The summed E-state index contributed by atoms with van der Waals surface area (Å²) in [6.45, 7) is 5.01. The van der Waals surface area contributed by atoms with Crippen LogP contribution in [0.4, 0.5) is 0 Å². The molecular weight excluding hydrogens is 210 g/mol. The highest BCUT2D eigenvalue weighted by Gasteiger charge is 2.49. The highest BCUT2D eigenvalue weighted by atomic mass is 16.3. The highest BCUT2D eigenvalue weighted by Crippen LogP contribution is 2.46. The van der Waals surface area contributed by atoms with Crippen LogP contribution < -0.4 is 0 Å². The van der Waals surface area contributed by atoms with Crippen LogP contribution in [0, 0.1) is 11.8 Å². The first-order chi connectivity index (χ1) is 8.16. The van der Waals surface area contributed by atoms with Crippen molar-refractivity contribution in [3.63, 3.8) is 0 Å². The number of rotatable bonds is 2. The Morgan fingerprint density at radius 3 is 2.82 bits per heavy atom. The lowest BCUT2D eigenvalue weighted by molar-refractivity contribution is -0.0136. The first-order valence-corrected chi connectivity index (χ1v) is 6.50. The van der Waals surface area contributed by atoms with Crippen molar-refractivity contribution in [2.24, 2.45) is 5.92 Å². The zero-order valence-corrected chi connectivity index (χ0v) is 10.4. The zero-order valence-electron chi connectivity index (χ0n) is 10.4. The van der Waals surface area contributed by atoms with Gasteiger partial charge < -0.3 is 5.11 Å². The van der Waals surface area contributed by atoms with Crippen molar-refractivity contribution in [1.82, 2.24) is 4.90 Å². The molecule has 2 fully saturated rings. The molecule has 1 saturated heterocycles. The van der Waals surface area contributed by atoms with E-state index in [0.29, 0.717) is 5.92 Å². The largest absolute Gasteiger partial charge is 0.389 e. The molecule has 1 N–H and O–H groups in total. The number of benzene rings is 1. The van der Waals surface area contributed by atoms with Crippen LogP contribution in [-0.2, 0) is 6.54 Å². The van der Waals surface area contributed by atoms with E-state index in [1.54, 1.807) is 0 Å². The lowest BCUT2D eigenvalue weighted by Crippen LogP contribution is -2.50. The Morgan fingerprint density at radius 2 is 2.12 bits per heavy atom. The highest BCUT2D eigenvalue weighted by molar-refractivity contribution is 5.21. The fourth-order valence-electron chi connectivity index (χ4n) is 3.29. The number of piperidine rings is 1. The summed E-state index contributed by atoms with van der Waals surface area (Å²) < 4.78 is 0. The summed E-state index contributed by atoms with van der Waals surface area (Å²) in [7, 11) is 0. The molecule has 0 aromatic heterocycles. The molecule has 2 nitrogen and oxygen atoms in total. The molecule has 2 heteroatoms. The van der Waals surface area contributed by atoms with Crippen LogP contribution in [0.5, 0.6) is 0 Å². The maximum atomic E-state index is 10.4. The Bertz CT molecular complexity index is 371. The summed E-state index contributed by atoms with van der Waals surface area (Å²) >= 11 is 0. The second-order valence-electron chi connectivity index (χ2n) is 5.64. The normalized spacial score (nSPS) is 34.1. The molecule has 2 bridgehead atoms. The minimum absolute atomic E-state index is 0.440. The van der Waals surface area contributed by atoms with Gasteiger partial charge in [0.2, 0.25) is 0 Å². The maximum absolute atomic E-state index is 10.4. The number of nitrogens with zero attached hydrogens (tertiary/aromatic N) is 1. The molecule has 1 aliphatic heterocycles. The lowest BCUT2D eigenvalue weighted by atomic mass is 9.82. The van der Waals surface area contributed by atoms with Gasteiger partial charge in [0.15, 0.2) is 0 Å². The summed E-state index contributed by atoms with van der Waals surface area (Å²) in [6.07, 6.45) is 2.27. The number of likely N-dealkylation sites (tertiary alicyclic amines) is 1. The standard InChI is InChI=1S/C15H20NO/c1-15(17)13-7-8-14(15)11-16(10-13)9-12-5-3-2-4-6-12/h2-6,13,17H,7-11H2,1H3. The van der Waals surface area contributed by atoms with Gasteiger partial charge in [-0.1, -0.05) is 30.3 Å². The van der Waals surface area contributed by atoms with Crippen molar-refractivity contribution >= 4 is 0 Å². The van der Waals surface area contributed by atoms with Crippen LogP contribution in [0.15, 0.2) is 30.3 Å². The van der Waals surface area contributed by atoms with Crippen LogP contribution in [-0.4, -0.2) is 28.7 Å². The Balaban J connectivity index is 1.69. The topological polar surface area (TPSA) is 23.5 Å². The average Bonchev–Trinajstić information content (AvgIpc) is 2.53. The lowest BCUT2D eigenvalue weighted by Gasteiger charge is -2.42. The van der Waals surface area contributed by atoms with E-state index in [0.717, 1.165) is 32.5 Å². The summed E-state index contributed by atoms with van der Waals surface area (Å²) in [4.78, 5) is 2.47. The minimum atomic E-state index is -0.493. The fourth-order valence-corrected chi connectivity index (χ4v) is 3.29. The molecule has 1 aromatic rings. The molecule has 3 rings (SSSR count). The van der Waals surface area contributed by atoms with Gasteiger partial charge in [-0.2, -0.15) is 0 Å². The molecule has 1 saturated carbocycles. The first kappa shape index (κ1) is 11.2. The first-order valence-electron chi connectivity index (χ1n) is 6.50. The number of hydrogen-bond acceptors (Lipinski definition) is 2. The van der Waals surface area contributed by atoms with E-state index in [-0.39, 0.29) is 0 Å². The quantitative estimate of drug-likeness (QED) is 0.842. The second-order valence-corrected chi connectivity index (χ2v) is 5.64. The molecule has 2 unspecified atom stereocenters. The number of hydrogen-bond donors (Lipinski definition) is 1. The van der Waals surface area contributed by atoms with Gasteiger partial charge in [-0.25, -0.2) is 0 Å². The maximum Gasteiger partial charge on any atom is 0.0735 e. The van der Waals surface area contributed by atoms with E-state index in [1.165, 1.54) is 11.5 Å². The van der Waals surface area contributed by atoms with Gasteiger partial charge in [0.05, 0.1) is 5.60 Å². The predicted octanol–water partition coefficient (Wildman–Crippen LogP) is 2.24. The third-order valence-corrected chi connectivity index (χ3v) is 4.45. The van der Waals surface area contributed by atoms with Gasteiger partial charge >= 0.3 is 0 Å². The predicted molar refractivity (Wildman–Crippen MR) is 68.3 cm³/mol. The molecule has 1 aromatic carbocycles. The van der Waals surface area contributed by atoms with Gasteiger partial charge in [-0.15, -0.1) is 0 Å². The monoisotopic (exact) mass is 230 g/mol. The average molecular weight is 230 g/mol. The Hall–Kier alpha value is -0.860. The molecule has 2 aliphatic rings. The number of aliphatic hydroxyl groups is 1. The molecule has 1 radical (unpaired) electrons. The fraction of sp³-hybridized carbons (Fsp3) is 0.533. The third kappa shape index (κ3) is 2.00. The Labute approximate surface area is 103 Å². The van der Waals surface area contributed by atoms with Crippen molar-refractivity contribution in [2.45, 2.75) is 31.9 Å². The van der Waals surface area contributed by atoms with Crippen LogP contribution in [0.1, 0.15) is 25.3 Å². The Kier molecular flexibility index (Phi) is 2.72. The van der Waals surface area contributed by atoms with E-state index in [9.17, 15) is 5.11 Å². The van der Waals surface area contributed by atoms with E-state index < -0.39 is 5.60 Å². The van der Waals surface area contributed by atoms with Crippen molar-refractivity contribution in [2.75, 3.05) is 13.1 Å². The number of fused-ring (bicyclic) bond motifs is 2. The summed E-state index contributed by atoms with van der Waals surface area (Å²) in [5.41, 5.74) is 0.877. The molecule has 1 heterocycles. The molecule has 91 valence electrons. The van der Waals surface area contributed by atoms with E-state index in [4.69, 9.17) is 0 Å². The summed E-state index contributed by atoms with van der Waals surface area (Å²) in [5, 5.41) is 10.4. The third-order valence-electron chi connectivity index (χ3n) is 4.45. The van der Waals surface area contributed by atoms with Crippen molar-refractivity contribution < 1.29 is 5.11 Å². The zero-order chi connectivity index (χ0) is 11.9. The molecule has 0 spiro atoms. The van der Waals surface area contributed by atoms with Gasteiger partial charge in [0, 0.05) is 31.5 Å². The van der Waals surface area contributed by atoms with Crippen LogP contribution >= 0.6 is 0 Å². The minimum Gasteiger partial charge on any atom is -0.389 e. The van der Waals surface area contributed by atoms with E-state index in [1.807, 2.05) is 6.92 Å². The van der Waals surface area contributed by atoms with Crippen molar-refractivity contribution in [3.05, 3.63) is 41.8 Å². The molecule has 2 atom stereocenters. The summed E-state index contributed by atoms with van der Waals surface area (Å²) in [5.74, 6) is 1.78. The molecular formula is C15H20NO. The summed E-state index contributed by atoms with van der Waals surface area (Å²) in [6, 6.07) is 10.6. The van der Waals surface area contributed by atoms with Crippen molar-refractivity contribution in [3.8, 4) is 0 Å². The van der Waals surface area contributed by atoms with Gasteiger partial charge in [-0.05, 0) is 25.3 Å². The van der Waals surface area contributed by atoms with Crippen LogP contribution in [0.3, 0.4) is 0 Å². The molecule has 0 amide bonds. The van der Waals surface area contributed by atoms with Gasteiger partial charge in [0.1, 0.15) is 0 Å². The van der Waals surface area contributed by atoms with Gasteiger partial charge in [-0.3, -0.25) is 4.90 Å².